The molecule has 2 amide bonds. The Labute approximate surface area is 205 Å². The SMILES string of the molecule is N[C@]1([C@@]2(O)O[C@H](CO)[C@@H](O)[C@H](O)[C@H]2N2C(=O)c3ccccc3C2=O)[C@@H](O)[C@H](O)[C@@H](CO)O[C@@]1(O)Br. The summed E-state index contributed by atoms with van der Waals surface area (Å²) in [7, 11) is 0. The standard InChI is InChI=1S/C20H25BrN2O12/c21-20(33)18(22,15(29)12(27)10(6-25)35-20)19(32)14(13(28)11(26)9(5-24)34-19)23-16(30)7-3-1-2-4-8(7)17(23)31/h1-4,9-15,24-29,32-33H,5-6,22H2/t9-,10-,11-,12-,13+,14-,15+,18+,19+,20-/m1/s1. The van der Waals surface area contributed by atoms with Gasteiger partial charge in [-0.25, -0.2) is 0 Å². The van der Waals surface area contributed by atoms with E-state index < -0.39 is 83.7 Å². The third-order valence-electron chi connectivity index (χ3n) is 6.83. The molecule has 10 atom stereocenters. The zero-order valence-corrected chi connectivity index (χ0v) is 19.5. The number of nitrogens with zero attached hydrogens (tertiary/aromatic N) is 1. The number of carbonyl (C=O) groups excluding carboxylic acids is 2. The van der Waals surface area contributed by atoms with Crippen LogP contribution in [0.1, 0.15) is 20.7 Å². The van der Waals surface area contributed by atoms with E-state index in [-0.39, 0.29) is 11.1 Å². The van der Waals surface area contributed by atoms with Crippen LogP contribution in [-0.4, -0.2) is 129 Å². The molecule has 1 aromatic rings. The van der Waals surface area contributed by atoms with Crippen LogP contribution in [-0.2, 0) is 9.47 Å². The first-order chi connectivity index (χ1) is 16.3. The van der Waals surface area contributed by atoms with Crippen molar-refractivity contribution in [1.29, 1.82) is 0 Å². The number of benzene rings is 1. The third kappa shape index (κ3) is 3.43. The van der Waals surface area contributed by atoms with Gasteiger partial charge < -0.3 is 56.1 Å². The van der Waals surface area contributed by atoms with E-state index in [1.807, 2.05) is 0 Å². The van der Waals surface area contributed by atoms with E-state index in [2.05, 4.69) is 15.9 Å². The van der Waals surface area contributed by atoms with Crippen molar-refractivity contribution in [3.05, 3.63) is 35.4 Å². The second-order valence-corrected chi connectivity index (χ2v) is 9.77. The van der Waals surface area contributed by atoms with Gasteiger partial charge in [-0.3, -0.25) is 14.5 Å². The maximum absolute atomic E-state index is 13.2. The number of ether oxygens (including phenoxy) is 2. The second kappa shape index (κ2) is 8.76. The molecule has 2 fully saturated rings. The lowest BCUT2D eigenvalue weighted by Gasteiger charge is -2.62. The Bertz CT molecular complexity index is 993. The molecule has 0 aliphatic carbocycles. The number of hydrogen-bond donors (Lipinski definition) is 9. The molecule has 3 heterocycles. The lowest BCUT2D eigenvalue weighted by atomic mass is 9.70. The minimum absolute atomic E-state index is 0.119. The molecule has 15 heteroatoms. The summed E-state index contributed by atoms with van der Waals surface area (Å²) in [5, 5.41) is 84.9. The Morgan fingerprint density at radius 1 is 0.886 bits per heavy atom. The van der Waals surface area contributed by atoms with Crippen molar-refractivity contribution in [1.82, 2.24) is 4.90 Å². The first-order valence-electron chi connectivity index (χ1n) is 10.5. The number of aliphatic hydroxyl groups excluding tert-OH is 6. The van der Waals surface area contributed by atoms with Gasteiger partial charge in [-0.1, -0.05) is 12.1 Å². The number of nitrogens with two attached hydrogens (primary N) is 1. The first kappa shape index (κ1) is 26.5. The highest BCUT2D eigenvalue weighted by Crippen LogP contribution is 2.51. The van der Waals surface area contributed by atoms with Crippen molar-refractivity contribution in [2.24, 2.45) is 5.73 Å². The number of aliphatic hydroxyl groups is 8. The molecule has 0 unspecified atom stereocenters. The first-order valence-corrected chi connectivity index (χ1v) is 11.3. The molecule has 35 heavy (non-hydrogen) atoms. The van der Waals surface area contributed by atoms with Crippen molar-refractivity contribution < 1.29 is 59.9 Å². The largest absolute Gasteiger partial charge is 0.394 e. The summed E-state index contributed by atoms with van der Waals surface area (Å²) >= 11 is 2.70. The maximum Gasteiger partial charge on any atom is 0.262 e. The Morgan fingerprint density at radius 3 is 1.86 bits per heavy atom. The number of carbonyl (C=O) groups is 2. The summed E-state index contributed by atoms with van der Waals surface area (Å²) in [6.45, 7) is -1.94. The molecular formula is C20H25BrN2O12. The van der Waals surface area contributed by atoms with Gasteiger partial charge in [-0.05, 0) is 28.1 Å². The van der Waals surface area contributed by atoms with Gasteiger partial charge in [0, 0.05) is 0 Å². The maximum atomic E-state index is 13.2. The van der Waals surface area contributed by atoms with Gasteiger partial charge >= 0.3 is 0 Å². The van der Waals surface area contributed by atoms with E-state index in [0.29, 0.717) is 4.90 Å². The molecule has 0 bridgehead atoms. The summed E-state index contributed by atoms with van der Waals surface area (Å²) in [6, 6.07) is 3.19. The van der Waals surface area contributed by atoms with Gasteiger partial charge in [-0.2, -0.15) is 0 Å². The highest BCUT2D eigenvalue weighted by atomic mass is 79.9. The van der Waals surface area contributed by atoms with Crippen molar-refractivity contribution >= 4 is 27.7 Å². The zero-order valence-electron chi connectivity index (χ0n) is 17.9. The fourth-order valence-electron chi connectivity index (χ4n) is 4.89. The number of rotatable bonds is 4. The van der Waals surface area contributed by atoms with E-state index in [1.165, 1.54) is 24.3 Å². The zero-order chi connectivity index (χ0) is 26.1. The molecule has 2 saturated heterocycles. The average Bonchev–Trinajstić information content (AvgIpc) is 3.07. The van der Waals surface area contributed by atoms with Crippen molar-refractivity contribution in [3.63, 3.8) is 0 Å². The fraction of sp³-hybridized carbons (Fsp3) is 0.600. The number of halogens is 1. The van der Waals surface area contributed by atoms with E-state index in [1.54, 1.807) is 0 Å². The predicted molar refractivity (Wildman–Crippen MR) is 114 cm³/mol. The van der Waals surface area contributed by atoms with Crippen LogP contribution in [0.15, 0.2) is 24.3 Å². The summed E-state index contributed by atoms with van der Waals surface area (Å²) in [4.78, 5) is 26.7. The lowest BCUT2D eigenvalue weighted by molar-refractivity contribution is -0.413. The molecule has 10 N–H and O–H groups in total. The van der Waals surface area contributed by atoms with E-state index in [4.69, 9.17) is 15.2 Å². The van der Waals surface area contributed by atoms with Crippen LogP contribution in [0, 0.1) is 0 Å². The van der Waals surface area contributed by atoms with Crippen LogP contribution in [0.25, 0.3) is 0 Å². The lowest BCUT2D eigenvalue weighted by Crippen LogP contribution is -2.90. The highest BCUT2D eigenvalue weighted by Gasteiger charge is 2.77. The molecule has 0 spiro atoms. The van der Waals surface area contributed by atoms with Crippen LogP contribution in [0.5, 0.6) is 0 Å². The molecular weight excluding hydrogens is 540 g/mol. The predicted octanol–water partition coefficient (Wildman–Crippen LogP) is -4.70. The molecule has 0 radical (unpaired) electrons. The van der Waals surface area contributed by atoms with Crippen LogP contribution in [0.2, 0.25) is 0 Å². The summed E-state index contributed by atoms with van der Waals surface area (Å²) in [6.07, 6.45) is -12.1. The fourth-order valence-corrected chi connectivity index (χ4v) is 5.64. The Hall–Kier alpha value is -1.60. The van der Waals surface area contributed by atoms with Crippen LogP contribution < -0.4 is 5.73 Å². The minimum Gasteiger partial charge on any atom is -0.394 e. The monoisotopic (exact) mass is 564 g/mol. The Kier molecular flexibility index (Phi) is 6.62. The van der Waals surface area contributed by atoms with Gasteiger partial charge in [-0.15, -0.1) is 0 Å². The molecule has 3 aliphatic heterocycles. The smallest absolute Gasteiger partial charge is 0.262 e. The van der Waals surface area contributed by atoms with Gasteiger partial charge in [0.1, 0.15) is 42.7 Å². The Balaban J connectivity index is 1.92. The Morgan fingerprint density at radius 2 is 1.37 bits per heavy atom. The number of imide groups is 1. The van der Waals surface area contributed by atoms with Gasteiger partial charge in [0.2, 0.25) is 5.79 Å². The van der Waals surface area contributed by atoms with E-state index in [9.17, 15) is 50.4 Å². The normalized spacial score (nSPS) is 46.1. The van der Waals surface area contributed by atoms with Crippen molar-refractivity contribution in [3.8, 4) is 0 Å². The van der Waals surface area contributed by atoms with E-state index in [0.717, 1.165) is 0 Å². The number of fused-ring (bicyclic) bond motifs is 1. The molecule has 1 aromatic carbocycles. The van der Waals surface area contributed by atoms with Crippen LogP contribution in [0.4, 0.5) is 0 Å². The highest BCUT2D eigenvalue weighted by molar-refractivity contribution is 9.10. The number of hydrogen-bond acceptors (Lipinski definition) is 13. The second-order valence-electron chi connectivity index (χ2n) is 8.69. The topological polar surface area (TPSA) is 244 Å². The quantitative estimate of drug-likeness (QED) is 0.123. The third-order valence-corrected chi connectivity index (χ3v) is 7.67. The van der Waals surface area contributed by atoms with Crippen molar-refractivity contribution in [2.45, 2.75) is 58.7 Å². The minimum atomic E-state index is -3.38. The number of amides is 2. The van der Waals surface area contributed by atoms with E-state index >= 15 is 0 Å². The molecule has 3 aliphatic rings. The molecule has 4 rings (SSSR count). The van der Waals surface area contributed by atoms with Crippen molar-refractivity contribution in [2.75, 3.05) is 13.2 Å². The summed E-state index contributed by atoms with van der Waals surface area (Å²) in [5.41, 5.74) is 2.90. The molecule has 194 valence electrons. The summed E-state index contributed by atoms with van der Waals surface area (Å²) in [5.74, 6) is -5.45. The van der Waals surface area contributed by atoms with Gasteiger partial charge in [0.25, 0.3) is 16.5 Å². The van der Waals surface area contributed by atoms with Gasteiger partial charge in [0.05, 0.1) is 24.3 Å². The number of alkyl halides is 1. The molecule has 0 saturated carbocycles. The molecule has 0 aromatic heterocycles. The van der Waals surface area contributed by atoms with Crippen LogP contribution >= 0.6 is 15.9 Å². The average molecular weight is 565 g/mol. The van der Waals surface area contributed by atoms with Crippen LogP contribution in [0.3, 0.4) is 0 Å². The van der Waals surface area contributed by atoms with Gasteiger partial charge in [0.15, 0.2) is 5.54 Å². The summed E-state index contributed by atoms with van der Waals surface area (Å²) < 4.78 is 7.53. The molecule has 14 nitrogen and oxygen atoms in total.